The summed E-state index contributed by atoms with van der Waals surface area (Å²) in [5.41, 5.74) is 0.757. The van der Waals surface area contributed by atoms with E-state index in [0.717, 1.165) is 18.5 Å². The Morgan fingerprint density at radius 2 is 2.00 bits per heavy atom. The van der Waals surface area contributed by atoms with Gasteiger partial charge in [-0.3, -0.25) is 0 Å². The molecule has 0 amide bonds. The van der Waals surface area contributed by atoms with Crippen molar-refractivity contribution in [2.24, 2.45) is 0 Å². The minimum atomic E-state index is -3.42. The van der Waals surface area contributed by atoms with E-state index in [1.807, 2.05) is 25.1 Å². The van der Waals surface area contributed by atoms with Gasteiger partial charge in [0, 0.05) is 6.54 Å². The van der Waals surface area contributed by atoms with E-state index in [0.29, 0.717) is 5.82 Å². The summed E-state index contributed by atoms with van der Waals surface area (Å²) < 4.78 is 28.8. The maximum absolute atomic E-state index is 12.2. The van der Waals surface area contributed by atoms with Crippen LogP contribution in [0.1, 0.15) is 37.7 Å². The predicted molar refractivity (Wildman–Crippen MR) is 80.9 cm³/mol. The average Bonchev–Trinajstić information content (AvgIpc) is 2.87. The molecule has 1 atom stereocenters. The fraction of sp³-hybridized carbons (Fsp3) is 0.429. The van der Waals surface area contributed by atoms with E-state index >= 15 is 0 Å². The topological polar surface area (TPSA) is 76.9 Å². The van der Waals surface area contributed by atoms with Crippen molar-refractivity contribution in [1.29, 1.82) is 0 Å². The fourth-order valence-corrected chi connectivity index (χ4v) is 3.51. The smallest absolute Gasteiger partial charge is 0.216 e. The minimum absolute atomic E-state index is 0.0416. The number of benzene rings is 1. The first kappa shape index (κ1) is 15.7. The van der Waals surface area contributed by atoms with Crippen molar-refractivity contribution in [2.75, 3.05) is 0 Å². The zero-order chi connectivity index (χ0) is 15.3. The third-order valence-electron chi connectivity index (χ3n) is 3.02. The van der Waals surface area contributed by atoms with Crippen LogP contribution in [-0.2, 0) is 22.3 Å². The Morgan fingerprint density at radius 1 is 1.29 bits per heavy atom. The maximum Gasteiger partial charge on any atom is 0.216 e. The molecule has 0 spiro atoms. The molecule has 0 fully saturated rings. The van der Waals surface area contributed by atoms with E-state index in [9.17, 15) is 8.42 Å². The zero-order valence-electron chi connectivity index (χ0n) is 12.2. The quantitative estimate of drug-likeness (QED) is 0.847. The molecule has 21 heavy (non-hydrogen) atoms. The van der Waals surface area contributed by atoms with Crippen LogP contribution in [0.2, 0.25) is 0 Å². The van der Waals surface area contributed by atoms with Crippen LogP contribution in [0.5, 0.6) is 0 Å². The molecule has 1 aromatic heterocycles. The number of hydrogen-bond donors (Lipinski definition) is 1. The standard InChI is InChI=1S/C14H20N4O2S/c1-3-9-18-14(15-11-16-18)12(2)17-21(19,20)10-13-7-5-4-6-8-13/h4-8,11-12,17H,3,9-10H2,1-2H3. The van der Waals surface area contributed by atoms with Crippen molar-refractivity contribution in [3.05, 3.63) is 48.0 Å². The van der Waals surface area contributed by atoms with Crippen molar-refractivity contribution >= 4 is 10.0 Å². The average molecular weight is 308 g/mol. The molecule has 1 N–H and O–H groups in total. The molecule has 0 radical (unpaired) electrons. The number of hydrogen-bond acceptors (Lipinski definition) is 4. The van der Waals surface area contributed by atoms with E-state index in [2.05, 4.69) is 14.8 Å². The lowest BCUT2D eigenvalue weighted by atomic mass is 10.2. The molecule has 6 nitrogen and oxygen atoms in total. The van der Waals surface area contributed by atoms with Gasteiger partial charge >= 0.3 is 0 Å². The van der Waals surface area contributed by atoms with E-state index in [4.69, 9.17) is 0 Å². The van der Waals surface area contributed by atoms with Crippen molar-refractivity contribution < 1.29 is 8.42 Å². The molecule has 0 saturated carbocycles. The van der Waals surface area contributed by atoms with Crippen molar-refractivity contribution in [3.63, 3.8) is 0 Å². The summed E-state index contributed by atoms with van der Waals surface area (Å²) in [7, 11) is -3.42. The highest BCUT2D eigenvalue weighted by atomic mass is 32.2. The second kappa shape index (κ2) is 6.82. The number of aryl methyl sites for hydroxylation is 1. The lowest BCUT2D eigenvalue weighted by molar-refractivity contribution is 0.515. The molecule has 1 heterocycles. The van der Waals surface area contributed by atoms with Crippen LogP contribution in [-0.4, -0.2) is 23.2 Å². The summed E-state index contributed by atoms with van der Waals surface area (Å²) in [6.45, 7) is 4.54. The van der Waals surface area contributed by atoms with Crippen LogP contribution in [0, 0.1) is 0 Å². The molecule has 0 saturated heterocycles. The lowest BCUT2D eigenvalue weighted by Crippen LogP contribution is -2.30. The minimum Gasteiger partial charge on any atom is -0.249 e. The number of rotatable bonds is 7. The highest BCUT2D eigenvalue weighted by Gasteiger charge is 2.20. The molecule has 1 aromatic carbocycles. The summed E-state index contributed by atoms with van der Waals surface area (Å²) >= 11 is 0. The van der Waals surface area contributed by atoms with Gasteiger partial charge < -0.3 is 0 Å². The molecular weight excluding hydrogens is 288 g/mol. The summed E-state index contributed by atoms with van der Waals surface area (Å²) in [6, 6.07) is 8.69. The van der Waals surface area contributed by atoms with Gasteiger partial charge in [0.05, 0.1) is 11.8 Å². The van der Waals surface area contributed by atoms with Crippen LogP contribution in [0.4, 0.5) is 0 Å². The Labute approximate surface area is 125 Å². The monoisotopic (exact) mass is 308 g/mol. The zero-order valence-corrected chi connectivity index (χ0v) is 13.0. The Morgan fingerprint density at radius 3 is 2.67 bits per heavy atom. The fourth-order valence-electron chi connectivity index (χ4n) is 2.15. The van der Waals surface area contributed by atoms with Gasteiger partial charge in [-0.2, -0.15) is 5.10 Å². The molecule has 0 aliphatic heterocycles. The third kappa shape index (κ3) is 4.37. The van der Waals surface area contributed by atoms with Gasteiger partial charge in [-0.1, -0.05) is 37.3 Å². The van der Waals surface area contributed by atoms with Gasteiger partial charge in [0.25, 0.3) is 0 Å². The molecule has 114 valence electrons. The van der Waals surface area contributed by atoms with Crippen LogP contribution >= 0.6 is 0 Å². The normalized spacial score (nSPS) is 13.2. The molecule has 7 heteroatoms. The van der Waals surface area contributed by atoms with E-state index in [-0.39, 0.29) is 5.75 Å². The lowest BCUT2D eigenvalue weighted by Gasteiger charge is -2.14. The van der Waals surface area contributed by atoms with Gasteiger partial charge in [0.1, 0.15) is 12.2 Å². The Kier molecular flexibility index (Phi) is 5.08. The Balaban J connectivity index is 2.07. The van der Waals surface area contributed by atoms with E-state index in [1.54, 1.807) is 23.7 Å². The van der Waals surface area contributed by atoms with Crippen molar-refractivity contribution in [3.8, 4) is 0 Å². The second-order valence-corrected chi connectivity index (χ2v) is 6.68. The molecule has 0 aliphatic rings. The Bertz CT molecular complexity index is 667. The highest BCUT2D eigenvalue weighted by molar-refractivity contribution is 7.88. The summed E-state index contributed by atoms with van der Waals surface area (Å²) in [5.74, 6) is 0.591. The maximum atomic E-state index is 12.2. The number of nitrogens with one attached hydrogen (secondary N) is 1. The summed E-state index contributed by atoms with van der Waals surface area (Å²) in [4.78, 5) is 4.15. The third-order valence-corrected chi connectivity index (χ3v) is 4.45. The summed E-state index contributed by atoms with van der Waals surface area (Å²) in [5, 5.41) is 4.11. The summed E-state index contributed by atoms with van der Waals surface area (Å²) in [6.07, 6.45) is 2.37. The molecule has 0 bridgehead atoms. The highest BCUT2D eigenvalue weighted by Crippen LogP contribution is 2.13. The van der Waals surface area contributed by atoms with E-state index < -0.39 is 16.1 Å². The van der Waals surface area contributed by atoms with Crippen LogP contribution in [0.15, 0.2) is 36.7 Å². The predicted octanol–water partition coefficient (Wildman–Crippen LogP) is 1.87. The molecule has 1 unspecified atom stereocenters. The van der Waals surface area contributed by atoms with Crippen LogP contribution in [0.25, 0.3) is 0 Å². The van der Waals surface area contributed by atoms with Gasteiger partial charge in [-0.25, -0.2) is 22.8 Å². The SMILES string of the molecule is CCCn1ncnc1C(C)NS(=O)(=O)Cc1ccccc1. The van der Waals surface area contributed by atoms with Gasteiger partial charge in [-0.05, 0) is 18.9 Å². The molecule has 2 aromatic rings. The molecule has 0 aliphatic carbocycles. The van der Waals surface area contributed by atoms with Gasteiger partial charge in [0.15, 0.2) is 0 Å². The van der Waals surface area contributed by atoms with Crippen LogP contribution < -0.4 is 4.72 Å². The first-order valence-corrected chi connectivity index (χ1v) is 8.58. The van der Waals surface area contributed by atoms with E-state index in [1.165, 1.54) is 6.33 Å². The number of aromatic nitrogens is 3. The van der Waals surface area contributed by atoms with Crippen molar-refractivity contribution in [2.45, 2.75) is 38.6 Å². The van der Waals surface area contributed by atoms with Gasteiger partial charge in [-0.15, -0.1) is 0 Å². The van der Waals surface area contributed by atoms with Crippen LogP contribution in [0.3, 0.4) is 0 Å². The number of nitrogens with zero attached hydrogens (tertiary/aromatic N) is 3. The molecular formula is C14H20N4O2S. The first-order chi connectivity index (χ1) is 10.0. The number of sulfonamides is 1. The first-order valence-electron chi connectivity index (χ1n) is 6.93. The second-order valence-electron chi connectivity index (χ2n) is 4.93. The van der Waals surface area contributed by atoms with Gasteiger partial charge in [0.2, 0.25) is 10.0 Å². The molecule has 2 rings (SSSR count). The largest absolute Gasteiger partial charge is 0.249 e. The van der Waals surface area contributed by atoms with Crippen molar-refractivity contribution in [1.82, 2.24) is 19.5 Å². The Hall–Kier alpha value is -1.73.